The molecular formula is C11H8BrF3O2. The van der Waals surface area contributed by atoms with Crippen LogP contribution in [0.25, 0.3) is 6.08 Å². The van der Waals surface area contributed by atoms with E-state index in [1.54, 1.807) is 0 Å². The zero-order valence-electron chi connectivity index (χ0n) is 8.50. The van der Waals surface area contributed by atoms with Crippen LogP contribution in [0.4, 0.5) is 13.2 Å². The number of hydrogen-bond acceptors (Lipinski definition) is 2. The molecule has 6 heteroatoms. The maximum absolute atomic E-state index is 12.5. The monoisotopic (exact) mass is 308 g/mol. The Morgan fingerprint density at radius 2 is 2.06 bits per heavy atom. The molecule has 0 unspecified atom stereocenters. The fourth-order valence-corrected chi connectivity index (χ4v) is 1.61. The summed E-state index contributed by atoms with van der Waals surface area (Å²) < 4.78 is 42.0. The van der Waals surface area contributed by atoms with Gasteiger partial charge in [-0.05, 0) is 23.8 Å². The molecule has 0 bridgehead atoms. The van der Waals surface area contributed by atoms with Crippen molar-refractivity contribution in [2.45, 2.75) is 6.18 Å². The fourth-order valence-electron chi connectivity index (χ4n) is 1.14. The van der Waals surface area contributed by atoms with Crippen molar-refractivity contribution in [3.8, 4) is 0 Å². The maximum atomic E-state index is 12.5. The van der Waals surface area contributed by atoms with Crippen LogP contribution in [0.5, 0.6) is 0 Å². The minimum Gasteiger partial charge on any atom is -0.464 e. The largest absolute Gasteiger partial charge is 0.464 e. The van der Waals surface area contributed by atoms with E-state index >= 15 is 0 Å². The van der Waals surface area contributed by atoms with Gasteiger partial charge >= 0.3 is 6.18 Å². The lowest BCUT2D eigenvalue weighted by Gasteiger charge is -2.09. The Balaban J connectivity index is 2.89. The molecule has 0 amide bonds. The second kappa shape index (κ2) is 5.86. The topological polar surface area (TPSA) is 26.3 Å². The highest BCUT2D eigenvalue weighted by atomic mass is 79.9. The van der Waals surface area contributed by atoms with Crippen molar-refractivity contribution < 1.29 is 22.7 Å². The van der Waals surface area contributed by atoms with Crippen LogP contribution < -0.4 is 0 Å². The highest BCUT2D eigenvalue weighted by molar-refractivity contribution is 9.10. The summed E-state index contributed by atoms with van der Waals surface area (Å²) in [5.41, 5.74) is -0.356. The van der Waals surface area contributed by atoms with E-state index in [0.29, 0.717) is 5.56 Å². The van der Waals surface area contributed by atoms with Gasteiger partial charge in [0.1, 0.15) is 6.61 Å². The van der Waals surface area contributed by atoms with E-state index in [1.165, 1.54) is 24.3 Å². The van der Waals surface area contributed by atoms with Crippen molar-refractivity contribution in [2.24, 2.45) is 0 Å². The lowest BCUT2D eigenvalue weighted by Crippen LogP contribution is -2.06. The van der Waals surface area contributed by atoms with Crippen LogP contribution in [0.2, 0.25) is 0 Å². The molecule has 0 aromatic heterocycles. The summed E-state index contributed by atoms with van der Waals surface area (Å²) in [7, 11) is 0. The fraction of sp³-hybridized carbons (Fsp3) is 0.182. The van der Waals surface area contributed by atoms with Gasteiger partial charge in [-0.2, -0.15) is 13.2 Å². The molecule has 0 saturated heterocycles. The molecule has 0 spiro atoms. The Hall–Kier alpha value is -1.30. The molecular weight excluding hydrogens is 301 g/mol. The number of halogens is 4. The number of carbonyl (C=O) groups excluding carboxylic acids is 1. The number of benzene rings is 1. The molecule has 0 heterocycles. The zero-order chi connectivity index (χ0) is 12.9. The quantitative estimate of drug-likeness (QED) is 0.627. The molecule has 0 radical (unpaired) electrons. The predicted octanol–water partition coefficient (Wildman–Crippen LogP) is 3.65. The summed E-state index contributed by atoms with van der Waals surface area (Å²) in [5.74, 6) is 0. The first-order valence-electron chi connectivity index (χ1n) is 4.53. The molecule has 0 atom stereocenters. The maximum Gasteiger partial charge on any atom is 0.417 e. The molecule has 1 aromatic carbocycles. The minimum absolute atomic E-state index is 0.00806. The van der Waals surface area contributed by atoms with Crippen molar-refractivity contribution in [1.82, 2.24) is 0 Å². The van der Waals surface area contributed by atoms with Crippen LogP contribution in [-0.2, 0) is 15.7 Å². The highest BCUT2D eigenvalue weighted by Gasteiger charge is 2.32. The second-order valence-electron chi connectivity index (χ2n) is 3.07. The number of hydrogen-bond donors (Lipinski definition) is 0. The Morgan fingerprint density at radius 1 is 1.35 bits per heavy atom. The summed E-state index contributed by atoms with van der Waals surface area (Å²) in [6.07, 6.45) is -1.50. The Bertz CT molecular complexity index is 427. The molecule has 0 aliphatic carbocycles. The lowest BCUT2D eigenvalue weighted by molar-refractivity contribution is -0.138. The zero-order valence-corrected chi connectivity index (χ0v) is 10.1. The molecule has 92 valence electrons. The number of ether oxygens (including phenoxy) is 1. The summed E-state index contributed by atoms with van der Waals surface area (Å²) in [6.45, 7) is 0.300. The van der Waals surface area contributed by atoms with Crippen LogP contribution in [0.1, 0.15) is 11.1 Å². The van der Waals surface area contributed by atoms with E-state index in [4.69, 9.17) is 0 Å². The van der Waals surface area contributed by atoms with Crippen molar-refractivity contribution in [1.29, 1.82) is 0 Å². The standard InChI is InChI=1S/C11H8BrF3O2/c12-10-4-3-8(2-1-5-17-7-16)6-9(10)11(13,14)15/h1-4,6-7H,5H2. The average Bonchev–Trinajstić information content (AvgIpc) is 2.25. The first-order valence-corrected chi connectivity index (χ1v) is 5.33. The van der Waals surface area contributed by atoms with Gasteiger partial charge in [0.25, 0.3) is 6.47 Å². The van der Waals surface area contributed by atoms with Gasteiger partial charge < -0.3 is 4.74 Å². The molecule has 0 saturated carbocycles. The van der Waals surface area contributed by atoms with Gasteiger partial charge in [0.05, 0.1) is 5.56 Å². The van der Waals surface area contributed by atoms with Crippen LogP contribution in [0, 0.1) is 0 Å². The molecule has 1 rings (SSSR count). The number of alkyl halides is 3. The lowest BCUT2D eigenvalue weighted by atomic mass is 10.1. The molecule has 0 fully saturated rings. The third-order valence-electron chi connectivity index (χ3n) is 1.87. The van der Waals surface area contributed by atoms with Crippen LogP contribution in [0.15, 0.2) is 28.7 Å². The second-order valence-corrected chi connectivity index (χ2v) is 3.92. The summed E-state index contributed by atoms with van der Waals surface area (Å²) in [6, 6.07) is 3.86. The Morgan fingerprint density at radius 3 is 2.65 bits per heavy atom. The van der Waals surface area contributed by atoms with E-state index in [0.717, 1.165) is 6.07 Å². The molecule has 2 nitrogen and oxygen atoms in total. The van der Waals surface area contributed by atoms with E-state index < -0.39 is 11.7 Å². The van der Waals surface area contributed by atoms with Crippen molar-refractivity contribution in [3.05, 3.63) is 39.9 Å². The molecule has 1 aromatic rings. The van der Waals surface area contributed by atoms with Gasteiger partial charge in [0.15, 0.2) is 0 Å². The number of carbonyl (C=O) groups is 1. The van der Waals surface area contributed by atoms with Gasteiger partial charge in [-0.15, -0.1) is 0 Å². The molecule has 0 N–H and O–H groups in total. The van der Waals surface area contributed by atoms with E-state index in [2.05, 4.69) is 20.7 Å². The smallest absolute Gasteiger partial charge is 0.417 e. The highest BCUT2D eigenvalue weighted by Crippen LogP contribution is 2.35. The van der Waals surface area contributed by atoms with Crippen molar-refractivity contribution in [3.63, 3.8) is 0 Å². The predicted molar refractivity (Wildman–Crippen MR) is 60.2 cm³/mol. The average molecular weight is 309 g/mol. The SMILES string of the molecule is O=COCC=Cc1ccc(Br)c(C(F)(F)F)c1. The number of rotatable bonds is 4. The van der Waals surface area contributed by atoms with E-state index in [-0.39, 0.29) is 17.6 Å². The summed E-state index contributed by atoms with van der Waals surface area (Å²) in [5, 5.41) is 0. The molecule has 0 aliphatic rings. The van der Waals surface area contributed by atoms with E-state index in [1.807, 2.05) is 0 Å². The van der Waals surface area contributed by atoms with Crippen molar-refractivity contribution in [2.75, 3.05) is 6.61 Å². The summed E-state index contributed by atoms with van der Waals surface area (Å²) >= 11 is 2.84. The Labute approximate surface area is 104 Å². The van der Waals surface area contributed by atoms with E-state index in [9.17, 15) is 18.0 Å². The molecule has 0 aliphatic heterocycles. The normalized spacial score (nSPS) is 11.8. The molecule has 17 heavy (non-hydrogen) atoms. The van der Waals surface area contributed by atoms with Gasteiger partial charge in [0.2, 0.25) is 0 Å². The minimum atomic E-state index is -4.40. The van der Waals surface area contributed by atoms with Crippen molar-refractivity contribution >= 4 is 28.5 Å². The Kier molecular flexibility index (Phi) is 4.74. The van der Waals surface area contributed by atoms with Gasteiger partial charge in [-0.25, -0.2) is 0 Å². The summed E-state index contributed by atoms with van der Waals surface area (Å²) in [4.78, 5) is 9.84. The van der Waals surface area contributed by atoms with Crippen LogP contribution in [-0.4, -0.2) is 13.1 Å². The van der Waals surface area contributed by atoms with Gasteiger partial charge in [-0.1, -0.05) is 28.1 Å². The third-order valence-corrected chi connectivity index (χ3v) is 2.56. The first-order chi connectivity index (χ1) is 7.95. The first kappa shape index (κ1) is 13.8. The van der Waals surface area contributed by atoms with Gasteiger partial charge in [-0.3, -0.25) is 4.79 Å². The van der Waals surface area contributed by atoms with Crippen LogP contribution in [0.3, 0.4) is 0 Å². The van der Waals surface area contributed by atoms with Crippen LogP contribution >= 0.6 is 15.9 Å². The van der Waals surface area contributed by atoms with Gasteiger partial charge in [0, 0.05) is 4.47 Å². The third kappa shape index (κ3) is 4.22.